The minimum atomic E-state index is -0.434. The van der Waals surface area contributed by atoms with Gasteiger partial charge in [-0.05, 0) is 56.9 Å². The predicted octanol–water partition coefficient (Wildman–Crippen LogP) is 4.93. The Morgan fingerprint density at radius 2 is 1.94 bits per heavy atom. The van der Waals surface area contributed by atoms with Gasteiger partial charge in [-0.25, -0.2) is 0 Å². The SMILES string of the molecule is COC(=O)CCc1cccc(N(Cc2ccc3c(c2OC)OC(C)(C)C=C3)C(=O)C2CC2)c1. The third-order valence-electron chi connectivity index (χ3n) is 6.05. The first kappa shape index (κ1) is 22.9. The Morgan fingerprint density at radius 3 is 2.64 bits per heavy atom. The molecule has 0 bridgehead atoms. The number of amides is 1. The molecule has 0 radical (unpaired) electrons. The van der Waals surface area contributed by atoms with Crippen LogP contribution in [-0.4, -0.2) is 31.7 Å². The number of carbonyl (C=O) groups is 2. The van der Waals surface area contributed by atoms with Crippen LogP contribution in [0.3, 0.4) is 0 Å². The van der Waals surface area contributed by atoms with Crippen LogP contribution in [-0.2, 0) is 27.3 Å². The van der Waals surface area contributed by atoms with Gasteiger partial charge in [0.05, 0.1) is 20.8 Å². The summed E-state index contributed by atoms with van der Waals surface area (Å²) in [7, 11) is 3.02. The fourth-order valence-electron chi connectivity index (χ4n) is 4.04. The minimum Gasteiger partial charge on any atom is -0.492 e. The second kappa shape index (κ2) is 9.30. The van der Waals surface area contributed by atoms with E-state index in [2.05, 4.69) is 0 Å². The van der Waals surface area contributed by atoms with E-state index < -0.39 is 5.60 Å². The van der Waals surface area contributed by atoms with E-state index in [1.165, 1.54) is 7.11 Å². The molecule has 33 heavy (non-hydrogen) atoms. The number of methoxy groups -OCH3 is 2. The molecule has 4 rings (SSSR count). The molecule has 1 aliphatic heterocycles. The van der Waals surface area contributed by atoms with E-state index in [9.17, 15) is 9.59 Å². The Labute approximate surface area is 195 Å². The molecule has 174 valence electrons. The van der Waals surface area contributed by atoms with Crippen molar-refractivity contribution in [2.45, 2.75) is 51.7 Å². The van der Waals surface area contributed by atoms with Gasteiger partial charge < -0.3 is 19.1 Å². The van der Waals surface area contributed by atoms with Crippen LogP contribution in [0.1, 0.15) is 49.8 Å². The highest BCUT2D eigenvalue weighted by Crippen LogP contribution is 2.42. The summed E-state index contributed by atoms with van der Waals surface area (Å²) >= 11 is 0. The van der Waals surface area contributed by atoms with E-state index in [-0.39, 0.29) is 17.8 Å². The van der Waals surface area contributed by atoms with Gasteiger partial charge >= 0.3 is 5.97 Å². The molecule has 0 spiro atoms. The second-order valence-corrected chi connectivity index (χ2v) is 9.16. The van der Waals surface area contributed by atoms with Crippen molar-refractivity contribution in [1.82, 2.24) is 0 Å². The van der Waals surface area contributed by atoms with Gasteiger partial charge in [-0.2, -0.15) is 0 Å². The zero-order chi connectivity index (χ0) is 23.6. The molecule has 2 aliphatic rings. The molecule has 2 aromatic carbocycles. The van der Waals surface area contributed by atoms with Crippen LogP contribution in [0, 0.1) is 5.92 Å². The summed E-state index contributed by atoms with van der Waals surface area (Å²) < 4.78 is 16.8. The Bertz CT molecular complexity index is 1080. The van der Waals surface area contributed by atoms with Crippen LogP contribution in [0.4, 0.5) is 5.69 Å². The van der Waals surface area contributed by atoms with Gasteiger partial charge in [0.1, 0.15) is 5.60 Å². The summed E-state index contributed by atoms with van der Waals surface area (Å²) in [6.45, 7) is 4.38. The standard InChI is InChI=1S/C27H31NO5/c1-27(2)15-14-19-9-12-21(24(32-4)25(19)33-27)17-28(26(30)20-10-11-20)22-7-5-6-18(16-22)8-13-23(29)31-3/h5-7,9,12,14-16,20H,8,10-11,13,17H2,1-4H3. The first-order chi connectivity index (χ1) is 15.8. The van der Waals surface area contributed by atoms with Gasteiger partial charge in [-0.1, -0.05) is 30.3 Å². The van der Waals surface area contributed by atoms with Crippen molar-refractivity contribution in [3.63, 3.8) is 0 Å². The zero-order valence-electron chi connectivity index (χ0n) is 19.7. The molecule has 0 atom stereocenters. The molecule has 1 aliphatic carbocycles. The van der Waals surface area contributed by atoms with Gasteiger partial charge in [-0.15, -0.1) is 0 Å². The summed E-state index contributed by atoms with van der Waals surface area (Å²) in [4.78, 5) is 26.7. The van der Waals surface area contributed by atoms with Crippen LogP contribution in [0.15, 0.2) is 42.5 Å². The van der Waals surface area contributed by atoms with Gasteiger partial charge in [-0.3, -0.25) is 9.59 Å². The van der Waals surface area contributed by atoms with Gasteiger partial charge in [0, 0.05) is 29.2 Å². The van der Waals surface area contributed by atoms with Crippen LogP contribution >= 0.6 is 0 Å². The van der Waals surface area contributed by atoms with E-state index in [1.54, 1.807) is 7.11 Å². The highest BCUT2D eigenvalue weighted by molar-refractivity contribution is 5.96. The Kier molecular flexibility index (Phi) is 6.45. The number of hydrogen-bond acceptors (Lipinski definition) is 5. The number of hydrogen-bond donors (Lipinski definition) is 0. The first-order valence-corrected chi connectivity index (χ1v) is 11.4. The average molecular weight is 450 g/mol. The van der Waals surface area contributed by atoms with Gasteiger partial charge in [0.25, 0.3) is 0 Å². The summed E-state index contributed by atoms with van der Waals surface area (Å²) in [5.41, 5.74) is 3.21. The van der Waals surface area contributed by atoms with Crippen molar-refractivity contribution in [1.29, 1.82) is 0 Å². The maximum absolute atomic E-state index is 13.3. The van der Waals surface area contributed by atoms with E-state index in [1.807, 2.05) is 67.3 Å². The summed E-state index contributed by atoms with van der Waals surface area (Å²) in [5.74, 6) is 1.28. The monoisotopic (exact) mass is 449 g/mol. The molecule has 0 unspecified atom stereocenters. The zero-order valence-corrected chi connectivity index (χ0v) is 19.7. The fraction of sp³-hybridized carbons (Fsp3) is 0.407. The first-order valence-electron chi connectivity index (χ1n) is 11.4. The lowest BCUT2D eigenvalue weighted by atomic mass is 9.99. The summed E-state index contributed by atoms with van der Waals surface area (Å²) in [6, 6.07) is 11.8. The molecule has 1 saturated carbocycles. The fourth-order valence-corrected chi connectivity index (χ4v) is 4.04. The highest BCUT2D eigenvalue weighted by atomic mass is 16.5. The molecule has 6 heteroatoms. The number of rotatable bonds is 8. The van der Waals surface area contributed by atoms with Crippen molar-refractivity contribution in [2.75, 3.05) is 19.1 Å². The lowest BCUT2D eigenvalue weighted by Gasteiger charge is -2.31. The molecule has 6 nitrogen and oxygen atoms in total. The largest absolute Gasteiger partial charge is 0.492 e. The number of ether oxygens (including phenoxy) is 3. The number of fused-ring (bicyclic) bond motifs is 1. The topological polar surface area (TPSA) is 65.1 Å². The number of nitrogens with zero attached hydrogens (tertiary/aromatic N) is 1. The van der Waals surface area contributed by atoms with Crippen LogP contribution in [0.5, 0.6) is 11.5 Å². The van der Waals surface area contributed by atoms with E-state index in [4.69, 9.17) is 14.2 Å². The maximum Gasteiger partial charge on any atom is 0.305 e. The van der Waals surface area contributed by atoms with Crippen molar-refractivity contribution >= 4 is 23.6 Å². The molecule has 2 aromatic rings. The number of carbonyl (C=O) groups excluding carboxylic acids is 2. The van der Waals surface area contributed by atoms with Gasteiger partial charge in [0.2, 0.25) is 5.91 Å². The summed E-state index contributed by atoms with van der Waals surface area (Å²) in [6.07, 6.45) is 6.76. The average Bonchev–Trinajstić information content (AvgIpc) is 3.65. The molecule has 1 amide bonds. The predicted molar refractivity (Wildman–Crippen MR) is 127 cm³/mol. The smallest absolute Gasteiger partial charge is 0.305 e. The summed E-state index contributed by atoms with van der Waals surface area (Å²) in [5, 5.41) is 0. The Morgan fingerprint density at radius 1 is 1.15 bits per heavy atom. The lowest BCUT2D eigenvalue weighted by molar-refractivity contribution is -0.140. The number of benzene rings is 2. The second-order valence-electron chi connectivity index (χ2n) is 9.16. The normalized spacial score (nSPS) is 15.9. The Balaban J connectivity index is 1.66. The highest BCUT2D eigenvalue weighted by Gasteiger charge is 2.35. The minimum absolute atomic E-state index is 0.0606. The van der Waals surface area contributed by atoms with Gasteiger partial charge in [0.15, 0.2) is 11.5 Å². The quantitative estimate of drug-likeness (QED) is 0.535. The van der Waals surface area contributed by atoms with Crippen molar-refractivity contribution < 1.29 is 23.8 Å². The molecule has 0 saturated heterocycles. The third kappa shape index (κ3) is 5.21. The van der Waals surface area contributed by atoms with Crippen LogP contribution < -0.4 is 14.4 Å². The van der Waals surface area contributed by atoms with Crippen molar-refractivity contribution in [2.24, 2.45) is 5.92 Å². The molecular formula is C27H31NO5. The van der Waals surface area contributed by atoms with Crippen LogP contribution in [0.2, 0.25) is 0 Å². The van der Waals surface area contributed by atoms with Crippen LogP contribution in [0.25, 0.3) is 6.08 Å². The Hall–Kier alpha value is -3.28. The number of esters is 1. The third-order valence-corrected chi connectivity index (χ3v) is 6.05. The number of aryl methyl sites for hydroxylation is 1. The van der Waals surface area contributed by atoms with Crippen molar-refractivity contribution in [3.8, 4) is 11.5 Å². The molecule has 0 N–H and O–H groups in total. The van der Waals surface area contributed by atoms with Crippen molar-refractivity contribution in [3.05, 3.63) is 59.2 Å². The number of anilines is 1. The molecular weight excluding hydrogens is 418 g/mol. The lowest BCUT2D eigenvalue weighted by Crippen LogP contribution is -2.32. The van der Waals surface area contributed by atoms with E-state index in [0.29, 0.717) is 30.9 Å². The van der Waals surface area contributed by atoms with E-state index >= 15 is 0 Å². The maximum atomic E-state index is 13.3. The molecule has 1 heterocycles. The molecule has 1 fully saturated rings. The van der Waals surface area contributed by atoms with E-state index in [0.717, 1.165) is 35.2 Å². The molecule has 0 aromatic heterocycles.